The van der Waals surface area contributed by atoms with E-state index in [1.54, 1.807) is 0 Å². The van der Waals surface area contributed by atoms with Crippen LogP contribution in [-0.2, 0) is 4.79 Å². The maximum atomic E-state index is 12.9. The van der Waals surface area contributed by atoms with Crippen molar-refractivity contribution in [2.45, 2.75) is 82.2 Å². The van der Waals surface area contributed by atoms with Crippen molar-refractivity contribution in [3.63, 3.8) is 0 Å². The largest absolute Gasteiger partial charge is 0.338 e. The lowest BCUT2D eigenvalue weighted by Gasteiger charge is -2.47. The summed E-state index contributed by atoms with van der Waals surface area (Å²) in [6.07, 6.45) is 13.0. The predicted molar refractivity (Wildman–Crippen MR) is 76.7 cm³/mol. The highest BCUT2D eigenvalue weighted by Gasteiger charge is 2.43. The van der Waals surface area contributed by atoms with E-state index in [0.29, 0.717) is 6.04 Å². The summed E-state index contributed by atoms with van der Waals surface area (Å²) in [4.78, 5) is 15.1. The van der Waals surface area contributed by atoms with Crippen molar-refractivity contribution in [1.82, 2.24) is 4.90 Å². The second-order valence-corrected chi connectivity index (χ2v) is 6.97. The SMILES string of the molecule is NC1(C(=O)N2CCC[C@H]3CCCC[C@H]32)CCCCC1. The average Bonchev–Trinajstić information content (AvgIpc) is 2.47. The number of hydrogen-bond acceptors (Lipinski definition) is 2. The quantitative estimate of drug-likeness (QED) is 0.791. The maximum Gasteiger partial charge on any atom is 0.242 e. The van der Waals surface area contributed by atoms with Crippen LogP contribution in [0.3, 0.4) is 0 Å². The summed E-state index contributed by atoms with van der Waals surface area (Å²) < 4.78 is 0. The standard InChI is InChI=1S/C16H28N2O/c17-16(10-4-1-5-11-16)15(19)18-12-6-8-13-7-2-3-9-14(13)18/h13-14H,1-12,17H2/t13-,14-/m1/s1. The number of hydrogen-bond donors (Lipinski definition) is 1. The van der Waals surface area contributed by atoms with Crippen molar-refractivity contribution < 1.29 is 4.79 Å². The summed E-state index contributed by atoms with van der Waals surface area (Å²) in [5, 5.41) is 0. The van der Waals surface area contributed by atoms with Gasteiger partial charge in [-0.2, -0.15) is 0 Å². The number of piperidine rings is 1. The van der Waals surface area contributed by atoms with Gasteiger partial charge in [-0.05, 0) is 44.4 Å². The third kappa shape index (κ3) is 2.54. The van der Waals surface area contributed by atoms with Crippen molar-refractivity contribution >= 4 is 5.91 Å². The third-order valence-corrected chi connectivity index (χ3v) is 5.68. The summed E-state index contributed by atoms with van der Waals surface area (Å²) in [6, 6.07) is 0.511. The molecular formula is C16H28N2O. The summed E-state index contributed by atoms with van der Waals surface area (Å²) in [7, 11) is 0. The minimum Gasteiger partial charge on any atom is -0.338 e. The highest BCUT2D eigenvalue weighted by molar-refractivity contribution is 5.86. The molecule has 2 atom stereocenters. The van der Waals surface area contributed by atoms with Gasteiger partial charge in [0.05, 0.1) is 5.54 Å². The molecule has 0 aromatic rings. The Labute approximate surface area is 116 Å². The van der Waals surface area contributed by atoms with Crippen molar-refractivity contribution in [1.29, 1.82) is 0 Å². The lowest BCUT2D eigenvalue weighted by Crippen LogP contribution is -2.61. The summed E-state index contributed by atoms with van der Waals surface area (Å²) in [5.41, 5.74) is 5.93. The van der Waals surface area contributed by atoms with E-state index in [0.717, 1.165) is 38.1 Å². The number of amides is 1. The third-order valence-electron chi connectivity index (χ3n) is 5.68. The Bertz CT molecular complexity index is 334. The fourth-order valence-electron chi connectivity index (χ4n) is 4.56. The van der Waals surface area contributed by atoms with Crippen LogP contribution in [0, 0.1) is 5.92 Å². The van der Waals surface area contributed by atoms with E-state index in [4.69, 9.17) is 5.73 Å². The normalized spacial score (nSPS) is 34.7. The van der Waals surface area contributed by atoms with Crippen LogP contribution >= 0.6 is 0 Å². The first-order valence-electron chi connectivity index (χ1n) is 8.31. The number of rotatable bonds is 1. The van der Waals surface area contributed by atoms with Crippen LogP contribution in [0.2, 0.25) is 0 Å². The summed E-state index contributed by atoms with van der Waals surface area (Å²) in [5.74, 6) is 1.04. The molecule has 0 aromatic carbocycles. The first kappa shape index (κ1) is 13.4. The molecule has 3 aliphatic rings. The molecular weight excluding hydrogens is 236 g/mol. The van der Waals surface area contributed by atoms with Crippen molar-refractivity contribution in [2.75, 3.05) is 6.54 Å². The minimum absolute atomic E-state index is 0.281. The Kier molecular flexibility index (Phi) is 3.84. The predicted octanol–water partition coefficient (Wildman–Crippen LogP) is 2.83. The number of nitrogens with zero attached hydrogens (tertiary/aromatic N) is 1. The zero-order valence-corrected chi connectivity index (χ0v) is 12.1. The molecule has 19 heavy (non-hydrogen) atoms. The van der Waals surface area contributed by atoms with Gasteiger partial charge >= 0.3 is 0 Å². The topological polar surface area (TPSA) is 46.3 Å². The van der Waals surface area contributed by atoms with E-state index in [-0.39, 0.29) is 5.91 Å². The van der Waals surface area contributed by atoms with E-state index >= 15 is 0 Å². The number of carbonyl (C=O) groups is 1. The molecule has 3 rings (SSSR count). The minimum atomic E-state index is -0.530. The van der Waals surface area contributed by atoms with Crippen molar-refractivity contribution in [2.24, 2.45) is 11.7 Å². The molecule has 3 fully saturated rings. The van der Waals surface area contributed by atoms with Crippen LogP contribution in [0.4, 0.5) is 0 Å². The van der Waals surface area contributed by atoms with E-state index in [9.17, 15) is 4.79 Å². The Morgan fingerprint density at radius 2 is 1.63 bits per heavy atom. The molecule has 0 radical (unpaired) electrons. The molecule has 0 unspecified atom stereocenters. The van der Waals surface area contributed by atoms with E-state index < -0.39 is 5.54 Å². The second kappa shape index (κ2) is 5.43. The van der Waals surface area contributed by atoms with Crippen LogP contribution in [0.25, 0.3) is 0 Å². The van der Waals surface area contributed by atoms with Crippen LogP contribution in [0.15, 0.2) is 0 Å². The molecule has 0 spiro atoms. The molecule has 2 saturated carbocycles. The molecule has 2 aliphatic carbocycles. The van der Waals surface area contributed by atoms with Crippen LogP contribution < -0.4 is 5.73 Å². The molecule has 0 aromatic heterocycles. The van der Waals surface area contributed by atoms with Gasteiger partial charge in [-0.15, -0.1) is 0 Å². The first-order chi connectivity index (χ1) is 9.21. The molecule has 1 aliphatic heterocycles. The Balaban J connectivity index is 1.74. The number of fused-ring (bicyclic) bond motifs is 1. The molecule has 1 amide bonds. The molecule has 2 N–H and O–H groups in total. The number of carbonyl (C=O) groups excluding carboxylic acids is 1. The molecule has 108 valence electrons. The van der Waals surface area contributed by atoms with Gasteiger partial charge in [-0.25, -0.2) is 0 Å². The van der Waals surface area contributed by atoms with Gasteiger partial charge < -0.3 is 10.6 Å². The van der Waals surface area contributed by atoms with Gasteiger partial charge in [-0.3, -0.25) is 4.79 Å². The zero-order valence-electron chi connectivity index (χ0n) is 12.1. The van der Waals surface area contributed by atoms with Crippen LogP contribution in [-0.4, -0.2) is 28.9 Å². The van der Waals surface area contributed by atoms with Gasteiger partial charge in [0, 0.05) is 12.6 Å². The fraction of sp³-hybridized carbons (Fsp3) is 0.938. The molecule has 1 heterocycles. The molecule has 0 bridgehead atoms. The lowest BCUT2D eigenvalue weighted by atomic mass is 9.76. The first-order valence-corrected chi connectivity index (χ1v) is 8.31. The lowest BCUT2D eigenvalue weighted by molar-refractivity contribution is -0.144. The second-order valence-electron chi connectivity index (χ2n) is 6.97. The highest BCUT2D eigenvalue weighted by atomic mass is 16.2. The number of likely N-dealkylation sites (tertiary alicyclic amines) is 1. The monoisotopic (exact) mass is 264 g/mol. The Hall–Kier alpha value is -0.570. The summed E-state index contributed by atoms with van der Waals surface area (Å²) in [6.45, 7) is 0.957. The van der Waals surface area contributed by atoms with Gasteiger partial charge in [0.2, 0.25) is 5.91 Å². The maximum absolute atomic E-state index is 12.9. The Morgan fingerprint density at radius 3 is 2.42 bits per heavy atom. The Morgan fingerprint density at radius 1 is 0.947 bits per heavy atom. The van der Waals surface area contributed by atoms with Crippen molar-refractivity contribution in [3.8, 4) is 0 Å². The molecule has 1 saturated heterocycles. The summed E-state index contributed by atoms with van der Waals surface area (Å²) >= 11 is 0. The molecule has 3 heteroatoms. The highest BCUT2D eigenvalue weighted by Crippen LogP contribution is 2.37. The fourth-order valence-corrected chi connectivity index (χ4v) is 4.56. The van der Waals surface area contributed by atoms with E-state index in [2.05, 4.69) is 4.90 Å². The van der Waals surface area contributed by atoms with Crippen LogP contribution in [0.1, 0.15) is 70.6 Å². The zero-order chi connectivity index (χ0) is 13.3. The molecule has 3 nitrogen and oxygen atoms in total. The average molecular weight is 264 g/mol. The van der Waals surface area contributed by atoms with Gasteiger partial charge in [0.25, 0.3) is 0 Å². The van der Waals surface area contributed by atoms with E-state index in [1.165, 1.54) is 44.9 Å². The van der Waals surface area contributed by atoms with Gasteiger partial charge in [0.1, 0.15) is 0 Å². The number of nitrogens with two attached hydrogens (primary N) is 1. The van der Waals surface area contributed by atoms with Gasteiger partial charge in [0.15, 0.2) is 0 Å². The van der Waals surface area contributed by atoms with Crippen molar-refractivity contribution in [3.05, 3.63) is 0 Å². The van der Waals surface area contributed by atoms with E-state index in [1.807, 2.05) is 0 Å². The smallest absolute Gasteiger partial charge is 0.242 e. The van der Waals surface area contributed by atoms with Crippen LogP contribution in [0.5, 0.6) is 0 Å². The van der Waals surface area contributed by atoms with Gasteiger partial charge in [-0.1, -0.05) is 32.1 Å².